The number of para-hydroxylation sites is 1. The number of nitrogens with zero attached hydrogens (tertiary/aromatic N) is 2. The quantitative estimate of drug-likeness (QED) is 0.799. The van der Waals surface area contributed by atoms with Crippen LogP contribution in [-0.2, 0) is 0 Å². The molecule has 4 rings (SSSR count). The molecule has 2 aliphatic rings. The zero-order valence-electron chi connectivity index (χ0n) is 12.9. The van der Waals surface area contributed by atoms with Gasteiger partial charge < -0.3 is 4.90 Å². The molecule has 3 heteroatoms. The second kappa shape index (κ2) is 5.71. The Morgan fingerprint density at radius 2 is 1.82 bits per heavy atom. The van der Waals surface area contributed by atoms with E-state index in [-0.39, 0.29) is 5.91 Å². The van der Waals surface area contributed by atoms with Gasteiger partial charge in [-0.2, -0.15) is 0 Å². The van der Waals surface area contributed by atoms with Crippen molar-refractivity contribution in [2.75, 3.05) is 13.1 Å². The number of likely N-dealkylation sites (tertiary alicyclic amines) is 1. The highest BCUT2D eigenvalue weighted by Gasteiger charge is 2.33. The smallest absolute Gasteiger partial charge is 0.272 e. The Hall–Kier alpha value is -1.90. The van der Waals surface area contributed by atoms with Gasteiger partial charge in [-0.1, -0.05) is 43.5 Å². The number of fused-ring (bicyclic) bond motifs is 2. The SMILES string of the molecule is O=C(c1ccc2ccccc2n1)N1CC[C@H]2CCCC[C@H]2C1. The fraction of sp³-hybridized carbons (Fsp3) is 0.474. The number of hydrogen-bond donors (Lipinski definition) is 0. The maximum absolute atomic E-state index is 12.8. The predicted molar refractivity (Wildman–Crippen MR) is 87.7 cm³/mol. The van der Waals surface area contributed by atoms with E-state index in [1.165, 1.54) is 32.1 Å². The molecule has 1 saturated carbocycles. The average molecular weight is 294 g/mol. The molecular weight excluding hydrogens is 272 g/mol. The predicted octanol–water partition coefficient (Wildman–Crippen LogP) is 3.89. The highest BCUT2D eigenvalue weighted by Crippen LogP contribution is 2.36. The second-order valence-electron chi connectivity index (χ2n) is 6.73. The number of pyridine rings is 1. The summed E-state index contributed by atoms with van der Waals surface area (Å²) in [5, 5.41) is 1.09. The van der Waals surface area contributed by atoms with Gasteiger partial charge in [0.1, 0.15) is 5.69 Å². The van der Waals surface area contributed by atoms with Gasteiger partial charge in [-0.15, -0.1) is 0 Å². The Balaban J connectivity index is 1.55. The number of hydrogen-bond acceptors (Lipinski definition) is 2. The monoisotopic (exact) mass is 294 g/mol. The zero-order chi connectivity index (χ0) is 14.9. The van der Waals surface area contributed by atoms with Gasteiger partial charge in [0.2, 0.25) is 0 Å². The number of carbonyl (C=O) groups is 1. The molecule has 0 N–H and O–H groups in total. The summed E-state index contributed by atoms with van der Waals surface area (Å²) in [6.07, 6.45) is 6.53. The Morgan fingerprint density at radius 1 is 1.00 bits per heavy atom. The average Bonchev–Trinajstić information content (AvgIpc) is 2.60. The molecule has 2 atom stereocenters. The van der Waals surface area contributed by atoms with E-state index in [0.717, 1.165) is 29.9 Å². The van der Waals surface area contributed by atoms with Crippen LogP contribution in [0.1, 0.15) is 42.6 Å². The largest absolute Gasteiger partial charge is 0.337 e. The topological polar surface area (TPSA) is 33.2 Å². The molecule has 1 aromatic carbocycles. The molecule has 1 aliphatic carbocycles. The van der Waals surface area contributed by atoms with Gasteiger partial charge in [-0.25, -0.2) is 4.98 Å². The molecule has 114 valence electrons. The van der Waals surface area contributed by atoms with Crippen LogP contribution in [0.15, 0.2) is 36.4 Å². The lowest BCUT2D eigenvalue weighted by atomic mass is 9.75. The summed E-state index contributed by atoms with van der Waals surface area (Å²) in [4.78, 5) is 19.4. The Bertz CT molecular complexity index is 697. The van der Waals surface area contributed by atoms with Crippen LogP contribution in [0.25, 0.3) is 10.9 Å². The standard InChI is InChI=1S/C19H22N2O/c22-19(18-10-9-15-6-3-4-8-17(15)20-18)21-12-11-14-5-1-2-7-16(14)13-21/h3-4,6,8-10,14,16H,1-2,5,7,11-13H2/t14-,16+/m1/s1. The first-order valence-corrected chi connectivity index (χ1v) is 8.46. The van der Waals surface area contributed by atoms with Crippen LogP contribution < -0.4 is 0 Å². The number of rotatable bonds is 1. The first-order valence-electron chi connectivity index (χ1n) is 8.46. The Morgan fingerprint density at radius 3 is 2.73 bits per heavy atom. The van der Waals surface area contributed by atoms with Crippen LogP contribution >= 0.6 is 0 Å². The minimum absolute atomic E-state index is 0.106. The lowest BCUT2D eigenvalue weighted by Gasteiger charge is -2.41. The zero-order valence-corrected chi connectivity index (χ0v) is 12.9. The molecule has 1 saturated heterocycles. The molecule has 0 unspecified atom stereocenters. The van der Waals surface area contributed by atoms with Crippen molar-refractivity contribution < 1.29 is 4.79 Å². The summed E-state index contributed by atoms with van der Waals surface area (Å²) in [5.74, 6) is 1.67. The van der Waals surface area contributed by atoms with Crippen LogP contribution in [0.3, 0.4) is 0 Å². The van der Waals surface area contributed by atoms with Gasteiger partial charge in [-0.3, -0.25) is 4.79 Å². The molecule has 2 fully saturated rings. The van der Waals surface area contributed by atoms with Gasteiger partial charge in [0, 0.05) is 18.5 Å². The Kier molecular flexibility index (Phi) is 3.57. The van der Waals surface area contributed by atoms with Crippen LogP contribution in [0, 0.1) is 11.8 Å². The normalized spacial score (nSPS) is 25.0. The summed E-state index contributed by atoms with van der Waals surface area (Å²) < 4.78 is 0. The van der Waals surface area contributed by atoms with Gasteiger partial charge in [0.05, 0.1) is 5.52 Å². The number of carbonyl (C=O) groups excluding carboxylic acids is 1. The number of piperidine rings is 1. The summed E-state index contributed by atoms with van der Waals surface area (Å²) in [6, 6.07) is 11.8. The number of benzene rings is 1. The van der Waals surface area contributed by atoms with Crippen LogP contribution in [0.4, 0.5) is 0 Å². The van der Waals surface area contributed by atoms with E-state index in [1.807, 2.05) is 41.3 Å². The highest BCUT2D eigenvalue weighted by atomic mass is 16.2. The van der Waals surface area contributed by atoms with Crippen LogP contribution in [-0.4, -0.2) is 28.9 Å². The molecule has 0 radical (unpaired) electrons. The molecule has 1 amide bonds. The van der Waals surface area contributed by atoms with Crippen molar-refractivity contribution in [3.05, 3.63) is 42.1 Å². The lowest BCUT2D eigenvalue weighted by Crippen LogP contribution is -2.45. The minimum Gasteiger partial charge on any atom is -0.337 e. The maximum atomic E-state index is 12.8. The van der Waals surface area contributed by atoms with E-state index in [1.54, 1.807) is 0 Å². The molecular formula is C19H22N2O. The third kappa shape index (κ3) is 2.49. The van der Waals surface area contributed by atoms with Crippen molar-refractivity contribution >= 4 is 16.8 Å². The van der Waals surface area contributed by atoms with Gasteiger partial charge in [-0.05, 0) is 36.8 Å². The van der Waals surface area contributed by atoms with E-state index in [2.05, 4.69) is 4.98 Å². The lowest BCUT2D eigenvalue weighted by molar-refractivity contribution is 0.0516. The van der Waals surface area contributed by atoms with Crippen molar-refractivity contribution in [1.82, 2.24) is 9.88 Å². The number of amides is 1. The third-order valence-electron chi connectivity index (χ3n) is 5.40. The molecule has 3 nitrogen and oxygen atoms in total. The molecule has 2 heterocycles. The van der Waals surface area contributed by atoms with Gasteiger partial charge in [0.15, 0.2) is 0 Å². The van der Waals surface area contributed by atoms with E-state index < -0.39 is 0 Å². The van der Waals surface area contributed by atoms with Crippen molar-refractivity contribution in [1.29, 1.82) is 0 Å². The van der Waals surface area contributed by atoms with Crippen molar-refractivity contribution in [2.24, 2.45) is 11.8 Å². The first kappa shape index (κ1) is 13.7. The van der Waals surface area contributed by atoms with E-state index >= 15 is 0 Å². The van der Waals surface area contributed by atoms with E-state index in [0.29, 0.717) is 11.6 Å². The van der Waals surface area contributed by atoms with Crippen molar-refractivity contribution in [3.63, 3.8) is 0 Å². The van der Waals surface area contributed by atoms with Gasteiger partial charge >= 0.3 is 0 Å². The molecule has 0 spiro atoms. The summed E-state index contributed by atoms with van der Waals surface area (Å²) in [7, 11) is 0. The summed E-state index contributed by atoms with van der Waals surface area (Å²) in [6.45, 7) is 1.83. The van der Waals surface area contributed by atoms with Crippen molar-refractivity contribution in [3.8, 4) is 0 Å². The van der Waals surface area contributed by atoms with Crippen molar-refractivity contribution in [2.45, 2.75) is 32.1 Å². The first-order chi connectivity index (χ1) is 10.8. The fourth-order valence-corrected chi connectivity index (χ4v) is 4.13. The minimum atomic E-state index is 0.106. The fourth-order valence-electron chi connectivity index (χ4n) is 4.13. The number of aromatic nitrogens is 1. The molecule has 2 aromatic rings. The second-order valence-corrected chi connectivity index (χ2v) is 6.73. The molecule has 0 bridgehead atoms. The van der Waals surface area contributed by atoms with Gasteiger partial charge in [0.25, 0.3) is 5.91 Å². The molecule has 1 aromatic heterocycles. The third-order valence-corrected chi connectivity index (χ3v) is 5.40. The molecule has 1 aliphatic heterocycles. The van der Waals surface area contributed by atoms with E-state index in [4.69, 9.17) is 0 Å². The van der Waals surface area contributed by atoms with Crippen LogP contribution in [0.2, 0.25) is 0 Å². The summed E-state index contributed by atoms with van der Waals surface area (Å²) >= 11 is 0. The summed E-state index contributed by atoms with van der Waals surface area (Å²) in [5.41, 5.74) is 1.49. The Labute approximate surface area is 131 Å². The maximum Gasteiger partial charge on any atom is 0.272 e. The van der Waals surface area contributed by atoms with E-state index in [9.17, 15) is 4.79 Å². The highest BCUT2D eigenvalue weighted by molar-refractivity contribution is 5.95. The molecule has 22 heavy (non-hydrogen) atoms. The van der Waals surface area contributed by atoms with Crippen LogP contribution in [0.5, 0.6) is 0 Å².